The smallest absolute Gasteiger partial charge is 0.123 e. The maximum atomic E-state index is 13.5. The van der Waals surface area contributed by atoms with Crippen molar-refractivity contribution < 1.29 is 4.39 Å². The molecular formula is C19H19FS. The SMILES string of the molecule is CC/C=C1\Cc2ccc(F)cc2CSC2=CCC=CC=C21. The number of halogens is 1. The first-order valence-corrected chi connectivity index (χ1v) is 8.43. The van der Waals surface area contributed by atoms with Crippen LogP contribution in [0.25, 0.3) is 0 Å². The van der Waals surface area contributed by atoms with Crippen LogP contribution in [0.15, 0.2) is 64.6 Å². The van der Waals surface area contributed by atoms with Crippen molar-refractivity contribution in [3.63, 3.8) is 0 Å². The molecule has 0 saturated heterocycles. The molecule has 0 bridgehead atoms. The van der Waals surface area contributed by atoms with Gasteiger partial charge in [-0.15, -0.1) is 11.8 Å². The van der Waals surface area contributed by atoms with Crippen LogP contribution in [-0.4, -0.2) is 0 Å². The lowest BCUT2D eigenvalue weighted by atomic mass is 9.93. The molecule has 3 rings (SSSR count). The minimum atomic E-state index is -0.136. The maximum absolute atomic E-state index is 13.5. The van der Waals surface area contributed by atoms with Gasteiger partial charge >= 0.3 is 0 Å². The molecule has 0 N–H and O–H groups in total. The molecule has 1 aromatic rings. The minimum Gasteiger partial charge on any atom is -0.207 e. The van der Waals surface area contributed by atoms with Gasteiger partial charge in [-0.05, 0) is 53.7 Å². The van der Waals surface area contributed by atoms with Crippen LogP contribution in [0.4, 0.5) is 4.39 Å². The van der Waals surface area contributed by atoms with Gasteiger partial charge in [0.15, 0.2) is 0 Å². The third-order valence-electron chi connectivity index (χ3n) is 3.83. The molecule has 0 nitrogen and oxygen atoms in total. The molecule has 0 radical (unpaired) electrons. The monoisotopic (exact) mass is 298 g/mol. The number of hydrogen-bond acceptors (Lipinski definition) is 1. The predicted octanol–water partition coefficient (Wildman–Crippen LogP) is 5.72. The average Bonchev–Trinajstić information content (AvgIpc) is 2.70. The summed E-state index contributed by atoms with van der Waals surface area (Å²) in [4.78, 5) is 1.33. The van der Waals surface area contributed by atoms with E-state index < -0.39 is 0 Å². The summed E-state index contributed by atoms with van der Waals surface area (Å²) >= 11 is 1.82. The second-order valence-corrected chi connectivity index (χ2v) is 6.35. The van der Waals surface area contributed by atoms with Crippen molar-refractivity contribution in [2.24, 2.45) is 0 Å². The van der Waals surface area contributed by atoms with Crippen molar-refractivity contribution in [3.8, 4) is 0 Å². The highest BCUT2D eigenvalue weighted by molar-refractivity contribution is 8.02. The highest BCUT2D eigenvalue weighted by atomic mass is 32.2. The van der Waals surface area contributed by atoms with Gasteiger partial charge in [-0.3, -0.25) is 0 Å². The van der Waals surface area contributed by atoms with E-state index >= 15 is 0 Å². The summed E-state index contributed by atoms with van der Waals surface area (Å²) in [7, 11) is 0. The van der Waals surface area contributed by atoms with Gasteiger partial charge in [0.2, 0.25) is 0 Å². The fourth-order valence-corrected chi connectivity index (χ4v) is 3.95. The maximum Gasteiger partial charge on any atom is 0.123 e. The highest BCUT2D eigenvalue weighted by Crippen LogP contribution is 2.38. The molecule has 0 aromatic heterocycles. The highest BCUT2D eigenvalue weighted by Gasteiger charge is 2.18. The molecule has 1 aromatic carbocycles. The van der Waals surface area contributed by atoms with E-state index in [1.54, 1.807) is 12.1 Å². The summed E-state index contributed by atoms with van der Waals surface area (Å²) in [6.07, 6.45) is 14.0. The van der Waals surface area contributed by atoms with Crippen LogP contribution in [0, 0.1) is 5.82 Å². The Hall–Kier alpha value is -1.54. The van der Waals surface area contributed by atoms with E-state index in [9.17, 15) is 4.39 Å². The zero-order valence-corrected chi connectivity index (χ0v) is 13.0. The van der Waals surface area contributed by atoms with Crippen LogP contribution < -0.4 is 0 Å². The molecule has 0 fully saturated rings. The lowest BCUT2D eigenvalue weighted by molar-refractivity contribution is 0.625. The molecule has 1 aliphatic carbocycles. The number of hydrogen-bond donors (Lipinski definition) is 0. The largest absolute Gasteiger partial charge is 0.207 e. The number of allylic oxidation sites excluding steroid dienone is 7. The first-order valence-electron chi connectivity index (χ1n) is 7.45. The van der Waals surface area contributed by atoms with Crippen LogP contribution in [0.1, 0.15) is 30.9 Å². The number of thioether (sulfide) groups is 1. The third kappa shape index (κ3) is 3.21. The first kappa shape index (κ1) is 14.4. The lowest BCUT2D eigenvalue weighted by Gasteiger charge is -2.21. The fourth-order valence-electron chi connectivity index (χ4n) is 2.80. The van der Waals surface area contributed by atoms with Crippen molar-refractivity contribution >= 4 is 11.8 Å². The van der Waals surface area contributed by atoms with Crippen molar-refractivity contribution in [3.05, 3.63) is 81.6 Å². The summed E-state index contributed by atoms with van der Waals surface area (Å²) in [5.41, 5.74) is 5.07. The minimum absolute atomic E-state index is 0.136. The molecular weight excluding hydrogens is 279 g/mol. The van der Waals surface area contributed by atoms with Crippen LogP contribution in [-0.2, 0) is 12.2 Å². The van der Waals surface area contributed by atoms with Gasteiger partial charge in [-0.2, -0.15) is 0 Å². The summed E-state index contributed by atoms with van der Waals surface area (Å²) < 4.78 is 13.5. The van der Waals surface area contributed by atoms with E-state index in [2.05, 4.69) is 37.3 Å². The van der Waals surface area contributed by atoms with E-state index in [4.69, 9.17) is 0 Å². The van der Waals surface area contributed by atoms with Crippen molar-refractivity contribution in [1.82, 2.24) is 0 Å². The van der Waals surface area contributed by atoms with Gasteiger partial charge in [-0.25, -0.2) is 4.39 Å². The third-order valence-corrected chi connectivity index (χ3v) is 4.99. The second-order valence-electron chi connectivity index (χ2n) is 5.33. The van der Waals surface area contributed by atoms with Crippen molar-refractivity contribution in [1.29, 1.82) is 0 Å². The molecule has 108 valence electrons. The first-order chi connectivity index (χ1) is 10.3. The summed E-state index contributed by atoms with van der Waals surface area (Å²) in [6, 6.07) is 5.21. The molecule has 1 aliphatic heterocycles. The van der Waals surface area contributed by atoms with Crippen LogP contribution >= 0.6 is 11.8 Å². The number of benzene rings is 1. The molecule has 0 spiro atoms. The van der Waals surface area contributed by atoms with E-state index in [0.29, 0.717) is 0 Å². The van der Waals surface area contributed by atoms with Gasteiger partial charge in [-0.1, -0.05) is 43.4 Å². The average molecular weight is 298 g/mol. The Morgan fingerprint density at radius 2 is 2.19 bits per heavy atom. The number of fused-ring (bicyclic) bond motifs is 2. The summed E-state index contributed by atoms with van der Waals surface area (Å²) in [6.45, 7) is 2.17. The van der Waals surface area contributed by atoms with Gasteiger partial charge in [0.25, 0.3) is 0 Å². The molecule has 2 heteroatoms. The van der Waals surface area contributed by atoms with Gasteiger partial charge < -0.3 is 0 Å². The van der Waals surface area contributed by atoms with E-state index in [1.807, 2.05) is 17.8 Å². The zero-order chi connectivity index (χ0) is 14.7. The van der Waals surface area contributed by atoms with Crippen molar-refractivity contribution in [2.75, 3.05) is 0 Å². The summed E-state index contributed by atoms with van der Waals surface area (Å²) in [5, 5.41) is 0. The molecule has 21 heavy (non-hydrogen) atoms. The summed E-state index contributed by atoms with van der Waals surface area (Å²) in [5.74, 6) is 0.707. The molecule has 2 aliphatic rings. The topological polar surface area (TPSA) is 0 Å². The molecule has 0 atom stereocenters. The van der Waals surface area contributed by atoms with Gasteiger partial charge in [0, 0.05) is 10.7 Å². The number of rotatable bonds is 1. The van der Waals surface area contributed by atoms with E-state index in [1.165, 1.54) is 21.6 Å². The van der Waals surface area contributed by atoms with Crippen molar-refractivity contribution in [2.45, 2.75) is 31.9 Å². The van der Waals surface area contributed by atoms with E-state index in [0.717, 1.165) is 30.6 Å². The second kappa shape index (κ2) is 6.48. The molecule has 0 unspecified atom stereocenters. The van der Waals surface area contributed by atoms with Crippen LogP contribution in [0.3, 0.4) is 0 Å². The van der Waals surface area contributed by atoms with Crippen LogP contribution in [0.2, 0.25) is 0 Å². The zero-order valence-electron chi connectivity index (χ0n) is 12.2. The Labute approximate surface area is 130 Å². The Morgan fingerprint density at radius 3 is 3.05 bits per heavy atom. The molecule has 0 amide bonds. The fraction of sp³-hybridized carbons (Fsp3) is 0.263. The van der Waals surface area contributed by atoms with Gasteiger partial charge in [0.1, 0.15) is 5.82 Å². The molecule has 1 heterocycles. The Kier molecular flexibility index (Phi) is 4.45. The Morgan fingerprint density at radius 1 is 1.29 bits per heavy atom. The quantitative estimate of drug-likeness (QED) is 0.639. The van der Waals surface area contributed by atoms with E-state index in [-0.39, 0.29) is 5.82 Å². The molecule has 0 saturated carbocycles. The Balaban J connectivity index is 2.08. The predicted molar refractivity (Wildman–Crippen MR) is 89.7 cm³/mol. The van der Waals surface area contributed by atoms with Gasteiger partial charge in [0.05, 0.1) is 0 Å². The standard InChI is InChI=1S/C19H19FS/c1-2-6-15-11-14-9-10-17(20)12-16(14)13-21-19-8-5-3-4-7-18(15)19/h3-4,6-10,12H,2,5,11,13H2,1H3/b15-6+. The Bertz CT molecular complexity index is 662. The lowest BCUT2D eigenvalue weighted by Crippen LogP contribution is -2.04. The van der Waals surface area contributed by atoms with Crippen LogP contribution in [0.5, 0.6) is 0 Å². The normalized spacial score (nSPS) is 19.8.